The van der Waals surface area contributed by atoms with Gasteiger partial charge in [0.05, 0.1) is 0 Å². The minimum Gasteiger partial charge on any atom is -0.480 e. The van der Waals surface area contributed by atoms with Crippen LogP contribution in [0.15, 0.2) is 24.3 Å². The number of nitrogens with zero attached hydrogens (tertiary/aromatic N) is 1. The van der Waals surface area contributed by atoms with E-state index in [0.29, 0.717) is 25.1 Å². The van der Waals surface area contributed by atoms with Crippen LogP contribution in [0.3, 0.4) is 0 Å². The molecule has 0 amide bonds. The molecule has 1 heterocycles. The highest BCUT2D eigenvalue weighted by Crippen LogP contribution is 2.44. The van der Waals surface area contributed by atoms with Crippen LogP contribution in [0.1, 0.15) is 17.5 Å². The summed E-state index contributed by atoms with van der Waals surface area (Å²) in [7, 11) is 0. The third kappa shape index (κ3) is 2.77. The quantitative estimate of drug-likeness (QED) is 0.678. The lowest BCUT2D eigenvalue weighted by molar-refractivity contribution is -0.289. The van der Waals surface area contributed by atoms with E-state index in [1.165, 1.54) is 11.0 Å². The summed E-state index contributed by atoms with van der Waals surface area (Å²) >= 11 is 5.00. The maximum absolute atomic E-state index is 13.3. The minimum atomic E-state index is -5.71. The molecule has 120 valence electrons. The maximum atomic E-state index is 13.3. The maximum Gasteiger partial charge on any atom is 0.458 e. The van der Waals surface area contributed by atoms with Crippen molar-refractivity contribution in [2.45, 2.75) is 24.6 Å². The van der Waals surface area contributed by atoms with Gasteiger partial charge in [-0.25, -0.2) is 4.79 Å². The number of halogens is 5. The Morgan fingerprint density at radius 3 is 2.36 bits per heavy atom. The molecule has 1 N–H and O–H groups in total. The van der Waals surface area contributed by atoms with Gasteiger partial charge in [-0.1, -0.05) is 30.4 Å². The molecule has 0 bridgehead atoms. The van der Waals surface area contributed by atoms with Crippen LogP contribution in [-0.4, -0.2) is 39.7 Å². The third-order valence-corrected chi connectivity index (χ3v) is 3.86. The van der Waals surface area contributed by atoms with Gasteiger partial charge in [-0.15, -0.1) is 0 Å². The monoisotopic (exact) mass is 339 g/mol. The predicted octanol–water partition coefficient (Wildman–Crippen LogP) is 3.18. The van der Waals surface area contributed by atoms with E-state index in [-0.39, 0.29) is 10.6 Å². The molecule has 3 nitrogen and oxygen atoms in total. The second-order valence-corrected chi connectivity index (χ2v) is 5.18. The van der Waals surface area contributed by atoms with Crippen molar-refractivity contribution in [3.05, 3.63) is 35.4 Å². The Morgan fingerprint density at radius 1 is 1.27 bits per heavy atom. The summed E-state index contributed by atoms with van der Waals surface area (Å²) in [6, 6.07) is 2.73. The Balaban J connectivity index is 2.30. The summed E-state index contributed by atoms with van der Waals surface area (Å²) in [6.07, 6.45) is -5.37. The second kappa shape index (κ2) is 5.45. The predicted molar refractivity (Wildman–Crippen MR) is 70.8 cm³/mol. The molecule has 0 aliphatic carbocycles. The zero-order valence-electron chi connectivity index (χ0n) is 10.9. The molecule has 1 aromatic carbocycles. The van der Waals surface area contributed by atoms with Crippen LogP contribution in [0.2, 0.25) is 0 Å². The van der Waals surface area contributed by atoms with Crippen LogP contribution in [-0.2, 0) is 10.7 Å². The first-order valence-electron chi connectivity index (χ1n) is 6.14. The van der Waals surface area contributed by atoms with E-state index in [1.54, 1.807) is 0 Å². The molecule has 0 spiro atoms. The van der Waals surface area contributed by atoms with Gasteiger partial charge in [0.25, 0.3) is 0 Å². The third-order valence-electron chi connectivity index (χ3n) is 3.39. The van der Waals surface area contributed by atoms with Gasteiger partial charge in [-0.2, -0.15) is 22.0 Å². The summed E-state index contributed by atoms with van der Waals surface area (Å²) in [5, 5.41) is 8.92. The Kier molecular flexibility index (Phi) is 4.12. The van der Waals surface area contributed by atoms with Gasteiger partial charge < -0.3 is 10.0 Å². The molecular weight excluding hydrogens is 329 g/mol. The Bertz CT molecular complexity index is 617. The summed E-state index contributed by atoms with van der Waals surface area (Å²) in [5.74, 6) is -6.12. The SMILES string of the molecule is O=C(O)C1CCN1C(=S)c1cccc(C(F)(F)C(F)(F)F)c1. The number of carboxylic acid groups (broad SMARTS) is 1. The van der Waals surface area contributed by atoms with Gasteiger partial charge in [0.1, 0.15) is 11.0 Å². The van der Waals surface area contributed by atoms with Crippen molar-refractivity contribution in [3.63, 3.8) is 0 Å². The molecule has 1 aliphatic rings. The van der Waals surface area contributed by atoms with Crippen LogP contribution in [0.5, 0.6) is 0 Å². The number of carboxylic acids is 1. The van der Waals surface area contributed by atoms with Gasteiger partial charge in [0.15, 0.2) is 0 Å². The van der Waals surface area contributed by atoms with E-state index in [4.69, 9.17) is 17.3 Å². The first-order chi connectivity index (χ1) is 10.1. The first kappa shape index (κ1) is 16.6. The fraction of sp³-hybridized carbons (Fsp3) is 0.385. The van der Waals surface area contributed by atoms with E-state index in [9.17, 15) is 26.7 Å². The molecular formula is C13H10F5NO2S. The summed E-state index contributed by atoms with van der Waals surface area (Å²) in [5.41, 5.74) is -1.27. The number of likely N-dealkylation sites (tertiary alicyclic amines) is 1. The molecule has 2 rings (SSSR count). The van der Waals surface area contributed by atoms with Crippen LogP contribution < -0.4 is 0 Å². The second-order valence-electron chi connectivity index (χ2n) is 4.79. The van der Waals surface area contributed by atoms with E-state index < -0.39 is 29.7 Å². The van der Waals surface area contributed by atoms with Gasteiger partial charge in [0.2, 0.25) is 0 Å². The molecule has 1 unspecified atom stereocenters. The molecule has 1 saturated heterocycles. The topological polar surface area (TPSA) is 40.5 Å². The lowest BCUT2D eigenvalue weighted by Crippen LogP contribution is -2.54. The molecule has 0 aromatic heterocycles. The highest BCUT2D eigenvalue weighted by atomic mass is 32.1. The number of hydrogen-bond acceptors (Lipinski definition) is 2. The van der Waals surface area contributed by atoms with Crippen molar-refractivity contribution in [1.82, 2.24) is 4.90 Å². The number of benzene rings is 1. The van der Waals surface area contributed by atoms with Crippen LogP contribution in [0.4, 0.5) is 22.0 Å². The molecule has 22 heavy (non-hydrogen) atoms. The number of carbonyl (C=O) groups is 1. The van der Waals surface area contributed by atoms with E-state index in [1.807, 2.05) is 0 Å². The van der Waals surface area contributed by atoms with Gasteiger partial charge in [-0.05, 0) is 12.5 Å². The molecule has 1 aliphatic heterocycles. The largest absolute Gasteiger partial charge is 0.480 e. The lowest BCUT2D eigenvalue weighted by atomic mass is 10.00. The Hall–Kier alpha value is -1.77. The van der Waals surface area contributed by atoms with Crippen molar-refractivity contribution >= 4 is 23.2 Å². The molecule has 0 radical (unpaired) electrons. The van der Waals surface area contributed by atoms with Crippen molar-refractivity contribution in [3.8, 4) is 0 Å². The van der Waals surface area contributed by atoms with Crippen molar-refractivity contribution < 1.29 is 31.9 Å². The zero-order valence-corrected chi connectivity index (χ0v) is 11.7. The number of aliphatic carboxylic acids is 1. The van der Waals surface area contributed by atoms with E-state index in [2.05, 4.69) is 0 Å². The van der Waals surface area contributed by atoms with Crippen molar-refractivity contribution in [1.29, 1.82) is 0 Å². The average molecular weight is 339 g/mol. The standard InChI is InChI=1S/C13H10F5NO2S/c14-12(15,13(16,17)18)8-3-1-2-7(6-8)10(22)19-5-4-9(19)11(20)21/h1-3,6,9H,4-5H2,(H,20,21). The average Bonchev–Trinajstić information content (AvgIpc) is 2.35. The van der Waals surface area contributed by atoms with Gasteiger partial charge >= 0.3 is 18.1 Å². The van der Waals surface area contributed by atoms with Crippen LogP contribution >= 0.6 is 12.2 Å². The molecule has 1 fully saturated rings. The Morgan fingerprint density at radius 2 is 1.91 bits per heavy atom. The highest BCUT2D eigenvalue weighted by Gasteiger charge is 2.58. The fourth-order valence-corrected chi connectivity index (χ4v) is 2.41. The molecule has 0 saturated carbocycles. The Labute approximate surface area is 127 Å². The van der Waals surface area contributed by atoms with Crippen LogP contribution in [0.25, 0.3) is 0 Å². The van der Waals surface area contributed by atoms with Crippen molar-refractivity contribution in [2.24, 2.45) is 0 Å². The normalized spacial score (nSPS) is 18.8. The van der Waals surface area contributed by atoms with E-state index in [0.717, 1.165) is 6.07 Å². The lowest BCUT2D eigenvalue weighted by Gasteiger charge is -2.40. The highest BCUT2D eigenvalue weighted by molar-refractivity contribution is 7.80. The summed E-state index contributed by atoms with van der Waals surface area (Å²) < 4.78 is 63.8. The van der Waals surface area contributed by atoms with Crippen LogP contribution in [0, 0.1) is 0 Å². The molecule has 1 atom stereocenters. The molecule has 1 aromatic rings. The van der Waals surface area contributed by atoms with Crippen molar-refractivity contribution in [2.75, 3.05) is 6.54 Å². The zero-order chi connectivity index (χ0) is 16.7. The fourth-order valence-electron chi connectivity index (χ4n) is 2.06. The van der Waals surface area contributed by atoms with Gasteiger partial charge in [0, 0.05) is 17.7 Å². The molecule has 9 heteroatoms. The number of hydrogen-bond donors (Lipinski definition) is 1. The number of thiocarbonyl (C=S) groups is 1. The number of rotatable bonds is 3. The first-order valence-corrected chi connectivity index (χ1v) is 6.55. The smallest absolute Gasteiger partial charge is 0.458 e. The van der Waals surface area contributed by atoms with E-state index >= 15 is 0 Å². The minimum absolute atomic E-state index is 0.0395. The number of alkyl halides is 5. The van der Waals surface area contributed by atoms with Gasteiger partial charge in [-0.3, -0.25) is 0 Å². The summed E-state index contributed by atoms with van der Waals surface area (Å²) in [6.45, 7) is 0.315. The summed E-state index contributed by atoms with van der Waals surface area (Å²) in [4.78, 5) is 12.1.